The molecular weight excluding hydrogens is 534 g/mol. The smallest absolute Gasteiger partial charge is 0.399 e. The molecule has 0 spiro atoms. The van der Waals surface area contributed by atoms with Gasteiger partial charge in [0.25, 0.3) is 0 Å². The number of hydrogen-bond acceptors (Lipinski definition) is 6. The summed E-state index contributed by atoms with van der Waals surface area (Å²) < 4.78 is 26.1. The van der Waals surface area contributed by atoms with Crippen molar-refractivity contribution >= 4 is 36.6 Å². The Labute approximate surface area is 258 Å². The number of benzene rings is 2. The Balaban J connectivity index is 1.41. The number of fused-ring (bicyclic) bond motifs is 3. The fourth-order valence-electron chi connectivity index (χ4n) is 7.22. The Morgan fingerprint density at radius 1 is 0.767 bits per heavy atom. The molecule has 43 heavy (non-hydrogen) atoms. The van der Waals surface area contributed by atoms with E-state index < -0.39 is 42.2 Å². The van der Waals surface area contributed by atoms with E-state index in [1.54, 1.807) is 0 Å². The number of nitrogens with one attached hydrogen (secondary N) is 1. The molecule has 0 radical (unpaired) electrons. The highest BCUT2D eigenvalue weighted by molar-refractivity contribution is 6.62. The molecule has 0 aromatic heterocycles. The molecule has 0 amide bonds. The van der Waals surface area contributed by atoms with Crippen molar-refractivity contribution in [2.75, 3.05) is 0 Å². The van der Waals surface area contributed by atoms with Crippen LogP contribution in [0.5, 0.6) is 0 Å². The maximum Gasteiger partial charge on any atom is 0.494 e. The summed E-state index contributed by atoms with van der Waals surface area (Å²) in [7, 11) is -0.910. The Morgan fingerprint density at radius 3 is 1.53 bits per heavy atom. The predicted octanol–water partition coefficient (Wildman–Crippen LogP) is 6.06. The molecule has 2 heterocycles. The zero-order valence-corrected chi connectivity index (χ0v) is 27.6. The van der Waals surface area contributed by atoms with Crippen LogP contribution in [0.3, 0.4) is 0 Å². The summed E-state index contributed by atoms with van der Waals surface area (Å²) in [4.78, 5) is 5.76. The molecule has 2 saturated carbocycles. The summed E-state index contributed by atoms with van der Waals surface area (Å²) in [5.41, 5.74) is 6.64. The van der Waals surface area contributed by atoms with Crippen molar-refractivity contribution < 1.29 is 18.6 Å². The van der Waals surface area contributed by atoms with Crippen LogP contribution in [0.1, 0.15) is 99.6 Å². The summed E-state index contributed by atoms with van der Waals surface area (Å²) in [5, 5.41) is 8.59. The van der Waals surface area contributed by atoms with Crippen LogP contribution in [0.4, 0.5) is 0 Å². The van der Waals surface area contributed by atoms with Gasteiger partial charge in [-0.25, -0.2) is 0 Å². The SMILES string of the molecule is CCC1CC1=NC1(C(C)C2CC2=N)c2cc(B3OC(C)(C)C(C)(C)O3)ccc2-c2ccc(B3OC(C)(C)C(C)(C)O3)cc21. The van der Waals surface area contributed by atoms with Gasteiger partial charge in [0.05, 0.1) is 22.4 Å². The first-order valence-corrected chi connectivity index (χ1v) is 16.2. The molecule has 2 aromatic rings. The van der Waals surface area contributed by atoms with Gasteiger partial charge in [-0.15, -0.1) is 0 Å². The van der Waals surface area contributed by atoms with Crippen LogP contribution >= 0.6 is 0 Å². The van der Waals surface area contributed by atoms with Gasteiger partial charge in [-0.05, 0) is 114 Å². The summed E-state index contributed by atoms with van der Waals surface area (Å²) in [5.74, 6) is 0.864. The zero-order valence-electron chi connectivity index (χ0n) is 27.6. The summed E-state index contributed by atoms with van der Waals surface area (Å²) in [6.45, 7) is 21.4. The van der Waals surface area contributed by atoms with Gasteiger partial charge in [-0.2, -0.15) is 0 Å². The monoisotopic (exact) mass is 580 g/mol. The van der Waals surface area contributed by atoms with Gasteiger partial charge in [0, 0.05) is 23.3 Å². The molecule has 2 aliphatic heterocycles. The molecule has 226 valence electrons. The summed E-state index contributed by atoms with van der Waals surface area (Å²) >= 11 is 0. The zero-order chi connectivity index (χ0) is 30.9. The molecular formula is C35H46B2N2O4. The molecule has 3 aliphatic carbocycles. The van der Waals surface area contributed by atoms with Gasteiger partial charge in [0.1, 0.15) is 5.54 Å². The lowest BCUT2D eigenvalue weighted by Crippen LogP contribution is -2.41. The van der Waals surface area contributed by atoms with E-state index >= 15 is 0 Å². The van der Waals surface area contributed by atoms with Crippen LogP contribution < -0.4 is 10.9 Å². The largest absolute Gasteiger partial charge is 0.494 e. The third kappa shape index (κ3) is 4.30. The molecule has 7 rings (SSSR count). The van der Waals surface area contributed by atoms with Gasteiger partial charge < -0.3 is 24.0 Å². The minimum atomic E-state index is -0.614. The maximum absolute atomic E-state index is 8.59. The standard InChI is InChI=1S/C35H46B2N2O4/c1-11-21-16-30(21)39-35(20(2)26-19-29(26)38)27-17-22(36-40-31(3,4)32(5,6)41-36)12-14-24(27)25-15-13-23(18-28(25)35)37-42-33(7,8)34(9,10)43-37/h12-15,17-18,20-21,26,38H,11,16,19H2,1-10H3. The van der Waals surface area contributed by atoms with Crippen LogP contribution in [0.25, 0.3) is 11.1 Å². The molecule has 6 nitrogen and oxygen atoms in total. The van der Waals surface area contributed by atoms with Gasteiger partial charge in [-0.1, -0.05) is 50.2 Å². The second-order valence-corrected chi connectivity index (χ2v) is 15.6. The second kappa shape index (κ2) is 9.15. The fourth-order valence-corrected chi connectivity index (χ4v) is 7.22. The van der Waals surface area contributed by atoms with Crippen molar-refractivity contribution in [1.29, 1.82) is 5.41 Å². The van der Waals surface area contributed by atoms with Crippen LogP contribution in [-0.4, -0.2) is 48.1 Å². The lowest BCUT2D eigenvalue weighted by molar-refractivity contribution is 0.00578. The maximum atomic E-state index is 8.59. The minimum absolute atomic E-state index is 0.118. The Hall–Kier alpha value is -2.25. The highest BCUT2D eigenvalue weighted by Crippen LogP contribution is 2.58. The molecule has 4 fully saturated rings. The normalized spacial score (nSPS) is 30.0. The van der Waals surface area contributed by atoms with E-state index in [4.69, 9.17) is 29.0 Å². The van der Waals surface area contributed by atoms with E-state index in [0.717, 1.165) is 35.9 Å². The van der Waals surface area contributed by atoms with Crippen LogP contribution in [-0.2, 0) is 24.2 Å². The number of aliphatic imine (C=N–C) groups is 1. The van der Waals surface area contributed by atoms with Crippen molar-refractivity contribution in [3.63, 3.8) is 0 Å². The third-order valence-electron chi connectivity index (χ3n) is 11.8. The van der Waals surface area contributed by atoms with Crippen molar-refractivity contribution in [2.45, 2.75) is 116 Å². The highest BCUT2D eigenvalue weighted by atomic mass is 16.7. The highest BCUT2D eigenvalue weighted by Gasteiger charge is 2.58. The van der Waals surface area contributed by atoms with Crippen LogP contribution in [0, 0.1) is 23.2 Å². The molecule has 2 aromatic carbocycles. The minimum Gasteiger partial charge on any atom is -0.399 e. The van der Waals surface area contributed by atoms with Crippen LogP contribution in [0.2, 0.25) is 0 Å². The first kappa shape index (κ1) is 29.5. The van der Waals surface area contributed by atoms with E-state index in [1.165, 1.54) is 28.0 Å². The Kier molecular flexibility index (Phi) is 6.27. The van der Waals surface area contributed by atoms with Crippen molar-refractivity contribution in [3.8, 4) is 11.1 Å². The van der Waals surface area contributed by atoms with Gasteiger partial charge in [-0.3, -0.25) is 4.99 Å². The van der Waals surface area contributed by atoms with E-state index in [-0.39, 0.29) is 11.8 Å². The lowest BCUT2D eigenvalue weighted by Gasteiger charge is -2.35. The van der Waals surface area contributed by atoms with Crippen molar-refractivity contribution in [2.24, 2.45) is 22.7 Å². The second-order valence-electron chi connectivity index (χ2n) is 15.6. The predicted molar refractivity (Wildman–Crippen MR) is 175 cm³/mol. The van der Waals surface area contributed by atoms with E-state index in [2.05, 4.69) is 106 Å². The first-order chi connectivity index (χ1) is 20.0. The molecule has 3 unspecified atom stereocenters. The lowest BCUT2D eigenvalue weighted by atomic mass is 9.70. The number of hydrogen-bond donors (Lipinski definition) is 1. The van der Waals surface area contributed by atoms with E-state index in [0.29, 0.717) is 5.92 Å². The average molecular weight is 580 g/mol. The first-order valence-electron chi connectivity index (χ1n) is 16.2. The molecule has 5 aliphatic rings. The van der Waals surface area contributed by atoms with Gasteiger partial charge in [0.15, 0.2) is 0 Å². The van der Waals surface area contributed by atoms with Gasteiger partial charge in [0.2, 0.25) is 0 Å². The third-order valence-corrected chi connectivity index (χ3v) is 11.8. The summed E-state index contributed by atoms with van der Waals surface area (Å²) in [6.07, 6.45) is 2.99. The molecule has 3 atom stereocenters. The molecule has 1 N–H and O–H groups in total. The quantitative estimate of drug-likeness (QED) is 0.422. The van der Waals surface area contributed by atoms with Crippen LogP contribution in [0.15, 0.2) is 41.4 Å². The topological polar surface area (TPSA) is 73.1 Å². The van der Waals surface area contributed by atoms with Crippen molar-refractivity contribution in [3.05, 3.63) is 47.5 Å². The number of nitrogens with zero attached hydrogens (tertiary/aromatic N) is 1. The average Bonchev–Trinajstić information content (AvgIpc) is 3.80. The number of rotatable bonds is 6. The molecule has 0 bridgehead atoms. The molecule has 8 heteroatoms. The van der Waals surface area contributed by atoms with Crippen molar-refractivity contribution in [1.82, 2.24) is 0 Å². The van der Waals surface area contributed by atoms with E-state index in [1.807, 2.05) is 0 Å². The van der Waals surface area contributed by atoms with Gasteiger partial charge >= 0.3 is 14.2 Å². The molecule has 2 saturated heterocycles. The Bertz CT molecular complexity index is 1440. The fraction of sp³-hybridized carbons (Fsp3) is 0.600. The Morgan fingerprint density at radius 2 is 1.19 bits per heavy atom. The van der Waals surface area contributed by atoms with E-state index in [9.17, 15) is 0 Å². The summed E-state index contributed by atoms with van der Waals surface area (Å²) in [6, 6.07) is 13.4.